The van der Waals surface area contributed by atoms with Crippen molar-refractivity contribution in [1.82, 2.24) is 0 Å². The molecule has 0 spiro atoms. The van der Waals surface area contributed by atoms with Crippen molar-refractivity contribution in [1.29, 1.82) is 0 Å². The first-order chi connectivity index (χ1) is 7.97. The van der Waals surface area contributed by atoms with Crippen LogP contribution in [0.15, 0.2) is 30.3 Å². The fourth-order valence-corrected chi connectivity index (χ4v) is 1.90. The summed E-state index contributed by atoms with van der Waals surface area (Å²) in [5.74, 6) is 0.514. The highest BCUT2D eigenvalue weighted by molar-refractivity contribution is 5.50. The zero-order chi connectivity index (χ0) is 12.5. The van der Waals surface area contributed by atoms with Crippen LogP contribution in [0.5, 0.6) is 0 Å². The van der Waals surface area contributed by atoms with Crippen molar-refractivity contribution in [2.45, 2.75) is 45.1 Å². The van der Waals surface area contributed by atoms with Crippen molar-refractivity contribution in [3.8, 4) is 0 Å². The van der Waals surface area contributed by atoms with E-state index < -0.39 is 0 Å². The Morgan fingerprint density at radius 2 is 1.76 bits per heavy atom. The summed E-state index contributed by atoms with van der Waals surface area (Å²) in [7, 11) is 0. The fraction of sp³-hybridized carbons (Fsp3) is 0.500. The lowest BCUT2D eigenvalue weighted by Crippen LogP contribution is -2.10. The van der Waals surface area contributed by atoms with Crippen LogP contribution in [0.4, 0.5) is 0 Å². The Morgan fingerprint density at radius 3 is 2.24 bits per heavy atom. The number of benzene rings is 1. The third kappa shape index (κ3) is 3.44. The molecule has 1 unspecified atom stereocenters. The number of aliphatic hydroxyl groups is 1. The first-order valence-electron chi connectivity index (χ1n) is 6.43. The molecule has 1 fully saturated rings. The Balaban J connectivity index is 2.02. The summed E-state index contributed by atoms with van der Waals surface area (Å²) >= 11 is 0. The molecule has 1 aliphatic carbocycles. The van der Waals surface area contributed by atoms with E-state index in [1.54, 1.807) is 0 Å². The first-order valence-corrected chi connectivity index (χ1v) is 6.43. The lowest BCUT2D eigenvalue weighted by molar-refractivity contribution is 0.200. The molecule has 1 aromatic carbocycles. The van der Waals surface area contributed by atoms with E-state index in [9.17, 15) is 5.11 Å². The van der Waals surface area contributed by atoms with Gasteiger partial charge in [-0.15, -0.1) is 0 Å². The van der Waals surface area contributed by atoms with Crippen LogP contribution >= 0.6 is 0 Å². The first kappa shape index (κ1) is 12.4. The van der Waals surface area contributed by atoms with Crippen molar-refractivity contribution in [2.75, 3.05) is 0 Å². The van der Waals surface area contributed by atoms with Gasteiger partial charge in [-0.3, -0.25) is 0 Å². The van der Waals surface area contributed by atoms with Gasteiger partial charge in [0.15, 0.2) is 0 Å². The smallest absolute Gasteiger partial charge is 0.0752 e. The number of hydrogen-bond donors (Lipinski definition) is 1. The molecule has 1 aliphatic rings. The summed E-state index contributed by atoms with van der Waals surface area (Å²) in [5.41, 5.74) is 2.71. The maximum Gasteiger partial charge on any atom is 0.0752 e. The van der Waals surface area contributed by atoms with Gasteiger partial charge >= 0.3 is 0 Å². The Labute approximate surface area is 104 Å². The molecule has 1 atom stereocenters. The lowest BCUT2D eigenvalue weighted by Gasteiger charge is -2.18. The molecular formula is C16H22O. The zero-order valence-corrected chi connectivity index (χ0v) is 11.0. The van der Waals surface area contributed by atoms with E-state index in [1.807, 2.05) is 12.2 Å². The van der Waals surface area contributed by atoms with Crippen LogP contribution in [-0.4, -0.2) is 11.2 Å². The highest BCUT2D eigenvalue weighted by Crippen LogP contribution is 2.33. The largest absolute Gasteiger partial charge is 0.389 e. The highest BCUT2D eigenvalue weighted by atomic mass is 16.3. The average molecular weight is 230 g/mol. The van der Waals surface area contributed by atoms with Gasteiger partial charge < -0.3 is 5.11 Å². The van der Waals surface area contributed by atoms with Crippen molar-refractivity contribution >= 4 is 6.08 Å². The molecule has 0 amide bonds. The number of hydrogen-bond acceptors (Lipinski definition) is 1. The highest BCUT2D eigenvalue weighted by Gasteiger charge is 2.27. The van der Waals surface area contributed by atoms with E-state index in [2.05, 4.69) is 45.0 Å². The second-order valence-electron chi connectivity index (χ2n) is 6.06. The molecule has 0 saturated heterocycles. The fourth-order valence-electron chi connectivity index (χ4n) is 1.90. The van der Waals surface area contributed by atoms with Gasteiger partial charge in [0, 0.05) is 0 Å². The summed E-state index contributed by atoms with van der Waals surface area (Å²) in [6.07, 6.45) is 6.04. The maximum absolute atomic E-state index is 9.75. The van der Waals surface area contributed by atoms with Crippen LogP contribution in [0.3, 0.4) is 0 Å². The Kier molecular flexibility index (Phi) is 3.39. The Bertz CT molecular complexity index is 391. The summed E-state index contributed by atoms with van der Waals surface area (Å²) in [6.45, 7) is 6.65. The van der Waals surface area contributed by atoms with E-state index in [4.69, 9.17) is 0 Å². The van der Waals surface area contributed by atoms with Crippen LogP contribution in [0.1, 0.15) is 44.7 Å². The van der Waals surface area contributed by atoms with Crippen LogP contribution < -0.4 is 0 Å². The van der Waals surface area contributed by atoms with Gasteiger partial charge in [0.05, 0.1) is 6.10 Å². The van der Waals surface area contributed by atoms with Gasteiger partial charge in [0.2, 0.25) is 0 Å². The molecule has 0 radical (unpaired) electrons. The van der Waals surface area contributed by atoms with Crippen LogP contribution in [-0.2, 0) is 5.41 Å². The Morgan fingerprint density at radius 1 is 1.18 bits per heavy atom. The second kappa shape index (κ2) is 4.66. The molecule has 1 N–H and O–H groups in total. The van der Waals surface area contributed by atoms with Gasteiger partial charge in [-0.25, -0.2) is 0 Å². The summed E-state index contributed by atoms with van der Waals surface area (Å²) in [5, 5.41) is 9.75. The number of aliphatic hydroxyl groups excluding tert-OH is 1. The molecule has 2 rings (SSSR count). The summed E-state index contributed by atoms with van der Waals surface area (Å²) in [4.78, 5) is 0. The van der Waals surface area contributed by atoms with Gasteiger partial charge in [-0.2, -0.15) is 0 Å². The standard InChI is InChI=1S/C16H22O/c1-16(2,3)14-9-4-12(5-10-14)6-11-15(17)13-7-8-13/h4-6,9-11,13,15,17H,7-8H2,1-3H3. The van der Waals surface area contributed by atoms with E-state index in [-0.39, 0.29) is 11.5 Å². The van der Waals surface area contributed by atoms with E-state index in [0.717, 1.165) is 5.56 Å². The number of rotatable bonds is 3. The minimum absolute atomic E-state index is 0.204. The minimum Gasteiger partial charge on any atom is -0.389 e. The van der Waals surface area contributed by atoms with Crippen molar-refractivity contribution < 1.29 is 5.11 Å². The normalized spacial score (nSPS) is 18.6. The molecule has 0 bridgehead atoms. The molecule has 1 aromatic rings. The molecule has 17 heavy (non-hydrogen) atoms. The summed E-state index contributed by atoms with van der Waals surface area (Å²) in [6, 6.07) is 8.58. The SMILES string of the molecule is CC(C)(C)c1ccc(C=CC(O)C2CC2)cc1. The second-order valence-corrected chi connectivity index (χ2v) is 6.06. The van der Waals surface area contributed by atoms with Gasteiger partial charge in [-0.05, 0) is 35.3 Å². The molecule has 1 saturated carbocycles. The molecular weight excluding hydrogens is 208 g/mol. The van der Waals surface area contributed by atoms with E-state index >= 15 is 0 Å². The average Bonchev–Trinajstić information content (AvgIpc) is 3.09. The third-order valence-corrected chi connectivity index (χ3v) is 3.37. The van der Waals surface area contributed by atoms with Crippen LogP contribution in [0, 0.1) is 5.92 Å². The predicted octanol–water partition coefficient (Wildman–Crippen LogP) is 3.77. The van der Waals surface area contributed by atoms with E-state index in [0.29, 0.717) is 5.92 Å². The van der Waals surface area contributed by atoms with Gasteiger partial charge in [-0.1, -0.05) is 57.2 Å². The van der Waals surface area contributed by atoms with Gasteiger partial charge in [0.1, 0.15) is 0 Å². The van der Waals surface area contributed by atoms with E-state index in [1.165, 1.54) is 18.4 Å². The predicted molar refractivity (Wildman–Crippen MR) is 72.9 cm³/mol. The topological polar surface area (TPSA) is 20.2 Å². The van der Waals surface area contributed by atoms with Crippen molar-refractivity contribution in [2.24, 2.45) is 5.92 Å². The third-order valence-electron chi connectivity index (χ3n) is 3.37. The Hall–Kier alpha value is -1.08. The summed E-state index contributed by atoms with van der Waals surface area (Å²) < 4.78 is 0. The zero-order valence-electron chi connectivity index (χ0n) is 11.0. The molecule has 92 valence electrons. The molecule has 0 heterocycles. The molecule has 1 nitrogen and oxygen atoms in total. The van der Waals surface area contributed by atoms with Crippen molar-refractivity contribution in [3.63, 3.8) is 0 Å². The molecule has 1 heteroatoms. The molecule has 0 aliphatic heterocycles. The quantitative estimate of drug-likeness (QED) is 0.838. The maximum atomic E-state index is 9.75. The van der Waals surface area contributed by atoms with Crippen LogP contribution in [0.25, 0.3) is 6.08 Å². The van der Waals surface area contributed by atoms with Gasteiger partial charge in [0.25, 0.3) is 0 Å². The minimum atomic E-state index is -0.253. The monoisotopic (exact) mass is 230 g/mol. The lowest BCUT2D eigenvalue weighted by atomic mass is 9.87. The van der Waals surface area contributed by atoms with Crippen molar-refractivity contribution in [3.05, 3.63) is 41.5 Å². The molecule has 0 aromatic heterocycles. The van der Waals surface area contributed by atoms with Crippen LogP contribution in [0.2, 0.25) is 0 Å².